The SMILES string of the molecule is CCC1CCC(N(C(=O)c2cccc(OCc3cscn3)c2)C2CC2)CC1. The number of carbonyl (C=O) groups excluding carboxylic acids is 1. The Kier molecular flexibility index (Phi) is 5.77. The summed E-state index contributed by atoms with van der Waals surface area (Å²) in [6.07, 6.45) is 8.39. The average molecular weight is 385 g/mol. The number of rotatable bonds is 7. The molecule has 2 aliphatic carbocycles. The molecule has 144 valence electrons. The van der Waals surface area contributed by atoms with E-state index >= 15 is 0 Å². The lowest BCUT2D eigenvalue weighted by atomic mass is 9.83. The zero-order chi connectivity index (χ0) is 18.6. The van der Waals surface area contributed by atoms with Gasteiger partial charge in [-0.1, -0.05) is 19.4 Å². The summed E-state index contributed by atoms with van der Waals surface area (Å²) < 4.78 is 5.84. The average Bonchev–Trinajstić information content (AvgIpc) is 3.40. The predicted octanol–water partition coefficient (Wildman–Crippen LogP) is 5.30. The lowest BCUT2D eigenvalue weighted by molar-refractivity contribution is 0.0586. The normalized spacial score (nSPS) is 22.4. The minimum atomic E-state index is 0.177. The molecule has 5 heteroatoms. The molecule has 2 aromatic rings. The van der Waals surface area contributed by atoms with Crippen LogP contribution in [0.3, 0.4) is 0 Å². The van der Waals surface area contributed by atoms with Crippen LogP contribution in [0.4, 0.5) is 0 Å². The van der Waals surface area contributed by atoms with Crippen LogP contribution in [0.5, 0.6) is 5.75 Å². The molecule has 2 saturated carbocycles. The summed E-state index contributed by atoms with van der Waals surface area (Å²) in [5.74, 6) is 1.76. The number of nitrogens with zero attached hydrogens (tertiary/aromatic N) is 2. The summed E-state index contributed by atoms with van der Waals surface area (Å²) in [7, 11) is 0. The summed E-state index contributed by atoms with van der Waals surface area (Å²) >= 11 is 1.56. The molecule has 0 N–H and O–H groups in total. The zero-order valence-corrected chi connectivity index (χ0v) is 16.8. The Morgan fingerprint density at radius 3 is 2.56 bits per heavy atom. The summed E-state index contributed by atoms with van der Waals surface area (Å²) in [4.78, 5) is 19.8. The first-order chi connectivity index (χ1) is 13.2. The van der Waals surface area contributed by atoms with Crippen LogP contribution >= 0.6 is 11.3 Å². The van der Waals surface area contributed by atoms with Crippen LogP contribution in [0.25, 0.3) is 0 Å². The van der Waals surface area contributed by atoms with Crippen molar-refractivity contribution >= 4 is 17.2 Å². The third kappa shape index (κ3) is 4.52. The first kappa shape index (κ1) is 18.5. The summed E-state index contributed by atoms with van der Waals surface area (Å²) in [5, 5.41) is 1.98. The Hall–Kier alpha value is -1.88. The van der Waals surface area contributed by atoms with Gasteiger partial charge in [0.25, 0.3) is 5.91 Å². The molecule has 0 aliphatic heterocycles. The smallest absolute Gasteiger partial charge is 0.254 e. The third-order valence-corrected chi connectivity index (χ3v) is 6.55. The van der Waals surface area contributed by atoms with E-state index in [1.165, 1.54) is 19.3 Å². The van der Waals surface area contributed by atoms with Crippen LogP contribution in [0, 0.1) is 5.92 Å². The van der Waals surface area contributed by atoms with Gasteiger partial charge >= 0.3 is 0 Å². The zero-order valence-electron chi connectivity index (χ0n) is 16.0. The molecule has 0 radical (unpaired) electrons. The Labute approximate surface area is 165 Å². The first-order valence-corrected chi connectivity index (χ1v) is 11.1. The van der Waals surface area contributed by atoms with Gasteiger partial charge in [0, 0.05) is 23.0 Å². The van der Waals surface area contributed by atoms with Crippen LogP contribution in [0.2, 0.25) is 0 Å². The number of ether oxygens (including phenoxy) is 1. The number of hydrogen-bond acceptors (Lipinski definition) is 4. The lowest BCUT2D eigenvalue weighted by Gasteiger charge is -2.37. The van der Waals surface area contributed by atoms with Gasteiger partial charge in [0.15, 0.2) is 0 Å². The third-order valence-electron chi connectivity index (χ3n) is 5.91. The van der Waals surface area contributed by atoms with Gasteiger partial charge in [-0.2, -0.15) is 0 Å². The maximum Gasteiger partial charge on any atom is 0.254 e. The topological polar surface area (TPSA) is 42.4 Å². The van der Waals surface area contributed by atoms with E-state index in [0.717, 1.165) is 48.6 Å². The molecule has 1 heterocycles. The molecule has 0 bridgehead atoms. The maximum atomic E-state index is 13.3. The highest BCUT2D eigenvalue weighted by atomic mass is 32.1. The van der Waals surface area contributed by atoms with Crippen LogP contribution in [0.15, 0.2) is 35.2 Å². The van der Waals surface area contributed by atoms with E-state index in [0.29, 0.717) is 18.7 Å². The van der Waals surface area contributed by atoms with Crippen molar-refractivity contribution < 1.29 is 9.53 Å². The van der Waals surface area contributed by atoms with Crippen LogP contribution in [-0.2, 0) is 6.61 Å². The molecule has 1 aromatic carbocycles. The fourth-order valence-electron chi connectivity index (χ4n) is 4.15. The molecule has 4 rings (SSSR count). The highest BCUT2D eigenvalue weighted by molar-refractivity contribution is 7.07. The van der Waals surface area contributed by atoms with Crippen molar-refractivity contribution in [3.8, 4) is 5.75 Å². The van der Waals surface area contributed by atoms with E-state index in [9.17, 15) is 4.79 Å². The van der Waals surface area contributed by atoms with Crippen molar-refractivity contribution in [2.24, 2.45) is 5.92 Å². The van der Waals surface area contributed by atoms with Gasteiger partial charge in [-0.3, -0.25) is 4.79 Å². The fraction of sp³-hybridized carbons (Fsp3) is 0.545. The van der Waals surface area contributed by atoms with Gasteiger partial charge in [0.2, 0.25) is 0 Å². The minimum Gasteiger partial charge on any atom is -0.487 e. The molecular formula is C22H28N2O2S. The lowest BCUT2D eigenvalue weighted by Crippen LogP contribution is -2.43. The predicted molar refractivity (Wildman–Crippen MR) is 108 cm³/mol. The van der Waals surface area contributed by atoms with Crippen molar-refractivity contribution in [3.63, 3.8) is 0 Å². The molecule has 0 atom stereocenters. The molecular weight excluding hydrogens is 356 g/mol. The van der Waals surface area contributed by atoms with Crippen molar-refractivity contribution in [3.05, 3.63) is 46.4 Å². The monoisotopic (exact) mass is 384 g/mol. The second-order valence-electron chi connectivity index (χ2n) is 7.82. The second kappa shape index (κ2) is 8.42. The number of amides is 1. The quantitative estimate of drug-likeness (QED) is 0.651. The molecule has 2 aliphatic rings. The van der Waals surface area contributed by atoms with E-state index in [2.05, 4.69) is 16.8 Å². The van der Waals surface area contributed by atoms with Crippen molar-refractivity contribution in [2.45, 2.75) is 70.6 Å². The van der Waals surface area contributed by atoms with E-state index < -0.39 is 0 Å². The standard InChI is InChI=1S/C22H28N2O2S/c1-2-16-6-8-19(9-7-16)24(20-10-11-20)22(25)17-4-3-5-21(12-17)26-13-18-14-27-15-23-18/h3-5,12,14-16,19-20H,2,6-11,13H2,1H3. The molecule has 0 spiro atoms. The Balaban J connectivity index is 1.44. The summed E-state index contributed by atoms with van der Waals surface area (Å²) in [6, 6.07) is 8.50. The molecule has 4 nitrogen and oxygen atoms in total. The largest absolute Gasteiger partial charge is 0.487 e. The Morgan fingerprint density at radius 1 is 1.19 bits per heavy atom. The molecule has 27 heavy (non-hydrogen) atoms. The van der Waals surface area contributed by atoms with Gasteiger partial charge < -0.3 is 9.64 Å². The Morgan fingerprint density at radius 2 is 1.93 bits per heavy atom. The summed E-state index contributed by atoms with van der Waals surface area (Å²) in [5.41, 5.74) is 3.47. The Bertz CT molecular complexity index is 749. The van der Waals surface area contributed by atoms with Gasteiger partial charge in [0.05, 0.1) is 11.2 Å². The van der Waals surface area contributed by atoms with Crippen LogP contribution in [-0.4, -0.2) is 27.9 Å². The highest BCUT2D eigenvalue weighted by Crippen LogP contribution is 2.37. The van der Waals surface area contributed by atoms with Crippen LogP contribution in [0.1, 0.15) is 67.9 Å². The van der Waals surface area contributed by atoms with E-state index in [1.807, 2.05) is 29.6 Å². The molecule has 1 amide bonds. The fourth-order valence-corrected chi connectivity index (χ4v) is 4.69. The number of carbonyl (C=O) groups is 1. The minimum absolute atomic E-state index is 0.177. The van der Waals surface area contributed by atoms with Gasteiger partial charge in [0.1, 0.15) is 12.4 Å². The number of hydrogen-bond donors (Lipinski definition) is 0. The van der Waals surface area contributed by atoms with E-state index in [4.69, 9.17) is 4.74 Å². The highest BCUT2D eigenvalue weighted by Gasteiger charge is 2.39. The first-order valence-electron chi connectivity index (χ1n) is 10.2. The van der Waals surface area contributed by atoms with Gasteiger partial charge in [-0.15, -0.1) is 11.3 Å². The van der Waals surface area contributed by atoms with E-state index in [-0.39, 0.29) is 5.91 Å². The van der Waals surface area contributed by atoms with Crippen molar-refractivity contribution in [1.29, 1.82) is 0 Å². The van der Waals surface area contributed by atoms with Gasteiger partial charge in [-0.05, 0) is 62.6 Å². The molecule has 1 aromatic heterocycles. The second-order valence-corrected chi connectivity index (χ2v) is 8.54. The maximum absolute atomic E-state index is 13.3. The van der Waals surface area contributed by atoms with Gasteiger partial charge in [-0.25, -0.2) is 4.98 Å². The van der Waals surface area contributed by atoms with Crippen molar-refractivity contribution in [2.75, 3.05) is 0 Å². The molecule has 2 fully saturated rings. The number of thiazole rings is 1. The van der Waals surface area contributed by atoms with Crippen molar-refractivity contribution in [1.82, 2.24) is 9.88 Å². The number of aromatic nitrogens is 1. The summed E-state index contributed by atoms with van der Waals surface area (Å²) in [6.45, 7) is 2.72. The molecule has 0 unspecified atom stereocenters. The number of benzene rings is 1. The molecule has 0 saturated heterocycles. The van der Waals surface area contributed by atoms with E-state index in [1.54, 1.807) is 16.8 Å². The van der Waals surface area contributed by atoms with Crippen LogP contribution < -0.4 is 4.74 Å².